The number of ketones is 2. The van der Waals surface area contributed by atoms with Gasteiger partial charge in [-0.1, -0.05) is 13.8 Å². The molecule has 4 unspecified atom stereocenters. The molecule has 0 rings (SSSR count). The minimum absolute atomic E-state index is 0.0172. The maximum Gasteiger partial charge on any atom is 0.163 e. The number of aliphatic hydroxyl groups is 2. The van der Waals surface area contributed by atoms with Crippen molar-refractivity contribution < 1.29 is 19.8 Å². The highest BCUT2D eigenvalue weighted by molar-refractivity contribution is 7.99. The van der Waals surface area contributed by atoms with Gasteiger partial charge in [-0.15, -0.1) is 0 Å². The molecule has 0 aromatic carbocycles. The normalized spacial score (nSPS) is 20.2. The van der Waals surface area contributed by atoms with Crippen molar-refractivity contribution in [3.8, 4) is 0 Å². The molecule has 0 heterocycles. The maximum atomic E-state index is 11.6. The lowest BCUT2D eigenvalue weighted by Crippen LogP contribution is -2.57. The highest BCUT2D eigenvalue weighted by Crippen LogP contribution is 2.25. The number of hydrogen-bond acceptors (Lipinski definition) is 7. The van der Waals surface area contributed by atoms with Crippen LogP contribution < -0.4 is 11.5 Å². The predicted molar refractivity (Wildman–Crippen MR) is 85.1 cm³/mol. The zero-order chi connectivity index (χ0) is 16.8. The molecular formula is C14H28N2O4S. The largest absolute Gasteiger partial charge is 0.380 e. The van der Waals surface area contributed by atoms with Crippen molar-refractivity contribution in [1.29, 1.82) is 0 Å². The highest BCUT2D eigenvalue weighted by atomic mass is 32.2. The van der Waals surface area contributed by atoms with Crippen molar-refractivity contribution in [2.75, 3.05) is 11.5 Å². The fourth-order valence-electron chi connectivity index (χ4n) is 1.98. The van der Waals surface area contributed by atoms with Crippen LogP contribution in [-0.2, 0) is 9.59 Å². The van der Waals surface area contributed by atoms with Gasteiger partial charge in [0.1, 0.15) is 11.2 Å². The molecule has 0 aromatic rings. The van der Waals surface area contributed by atoms with E-state index in [1.54, 1.807) is 13.8 Å². The molecule has 6 N–H and O–H groups in total. The smallest absolute Gasteiger partial charge is 0.163 e. The Morgan fingerprint density at radius 3 is 1.43 bits per heavy atom. The van der Waals surface area contributed by atoms with Crippen molar-refractivity contribution in [2.24, 2.45) is 11.5 Å². The third-order valence-electron chi connectivity index (χ3n) is 3.97. The van der Waals surface area contributed by atoms with E-state index >= 15 is 0 Å². The third-order valence-corrected chi connectivity index (χ3v) is 5.26. The molecule has 0 radical (unpaired) electrons. The molecule has 6 nitrogen and oxygen atoms in total. The first-order valence-electron chi connectivity index (χ1n) is 7.11. The van der Waals surface area contributed by atoms with E-state index in [1.165, 1.54) is 13.8 Å². The summed E-state index contributed by atoms with van der Waals surface area (Å²) in [7, 11) is 0. The summed E-state index contributed by atoms with van der Waals surface area (Å²) in [6.07, 6.45) is 0.893. The average molecular weight is 320 g/mol. The first-order chi connectivity index (χ1) is 9.56. The number of nitrogens with two attached hydrogens (primary N) is 2. The van der Waals surface area contributed by atoms with Crippen LogP contribution in [0.4, 0.5) is 0 Å². The molecule has 7 heteroatoms. The number of hydrogen-bond donors (Lipinski definition) is 4. The summed E-state index contributed by atoms with van der Waals surface area (Å²) in [6, 6.07) is -1.37. The highest BCUT2D eigenvalue weighted by Gasteiger charge is 2.42. The van der Waals surface area contributed by atoms with E-state index in [0.29, 0.717) is 12.8 Å². The number of carbonyl (C=O) groups is 2. The Morgan fingerprint density at radius 1 is 0.952 bits per heavy atom. The molecule has 4 atom stereocenters. The lowest BCUT2D eigenvalue weighted by Gasteiger charge is -2.34. The van der Waals surface area contributed by atoms with Gasteiger partial charge in [0, 0.05) is 23.6 Å². The Hall–Kier alpha value is -0.470. The molecule has 0 spiro atoms. The number of thioether (sulfide) groups is 1. The van der Waals surface area contributed by atoms with Crippen molar-refractivity contribution in [2.45, 2.75) is 63.8 Å². The average Bonchev–Trinajstić information content (AvgIpc) is 2.44. The number of carbonyl (C=O) groups excluding carboxylic acids is 2. The second-order valence-electron chi connectivity index (χ2n) is 5.48. The lowest BCUT2D eigenvalue weighted by atomic mass is 9.91. The van der Waals surface area contributed by atoms with Crippen LogP contribution in [0.2, 0.25) is 0 Å². The van der Waals surface area contributed by atoms with Crippen LogP contribution in [0.1, 0.15) is 40.5 Å². The predicted octanol–water partition coefficient (Wildman–Crippen LogP) is -0.166. The summed E-state index contributed by atoms with van der Waals surface area (Å²) in [5.74, 6) is -0.807. The molecule has 124 valence electrons. The second kappa shape index (κ2) is 8.24. The first-order valence-corrected chi connectivity index (χ1v) is 8.27. The Bertz CT molecular complexity index is 346. The summed E-state index contributed by atoms with van der Waals surface area (Å²) in [5.41, 5.74) is 8.30. The van der Waals surface area contributed by atoms with Crippen LogP contribution in [0.5, 0.6) is 0 Å². The van der Waals surface area contributed by atoms with E-state index in [9.17, 15) is 19.8 Å². The first kappa shape index (κ1) is 20.5. The summed E-state index contributed by atoms with van der Waals surface area (Å²) in [5, 5.41) is 20.8. The molecule has 21 heavy (non-hydrogen) atoms. The summed E-state index contributed by atoms with van der Waals surface area (Å²) in [6.45, 7) is 6.13. The summed E-state index contributed by atoms with van der Waals surface area (Å²) >= 11 is 1.11. The molecule has 0 aliphatic rings. The zero-order valence-electron chi connectivity index (χ0n) is 13.3. The monoisotopic (exact) mass is 320 g/mol. The van der Waals surface area contributed by atoms with Crippen LogP contribution in [0.15, 0.2) is 0 Å². The van der Waals surface area contributed by atoms with Gasteiger partial charge in [-0.3, -0.25) is 9.59 Å². The van der Waals surface area contributed by atoms with E-state index < -0.39 is 34.9 Å². The van der Waals surface area contributed by atoms with Crippen LogP contribution in [0.25, 0.3) is 0 Å². The van der Waals surface area contributed by atoms with Gasteiger partial charge in [-0.25, -0.2) is 0 Å². The topological polar surface area (TPSA) is 127 Å². The van der Waals surface area contributed by atoms with Gasteiger partial charge >= 0.3 is 0 Å². The van der Waals surface area contributed by atoms with Crippen LogP contribution in [-0.4, -0.2) is 56.6 Å². The molecule has 0 saturated carbocycles. The van der Waals surface area contributed by atoms with E-state index in [0.717, 1.165) is 11.8 Å². The van der Waals surface area contributed by atoms with E-state index in [4.69, 9.17) is 11.5 Å². The van der Waals surface area contributed by atoms with Crippen molar-refractivity contribution in [1.82, 2.24) is 0 Å². The van der Waals surface area contributed by atoms with Gasteiger partial charge < -0.3 is 21.7 Å². The van der Waals surface area contributed by atoms with Crippen LogP contribution in [0, 0.1) is 0 Å². The fraction of sp³-hybridized carbons (Fsp3) is 0.857. The third kappa shape index (κ3) is 4.75. The Balaban J connectivity index is 4.91. The molecule has 0 aliphatic heterocycles. The van der Waals surface area contributed by atoms with Crippen LogP contribution in [0.3, 0.4) is 0 Å². The second-order valence-corrected chi connectivity index (χ2v) is 6.47. The van der Waals surface area contributed by atoms with E-state index in [2.05, 4.69) is 0 Å². The van der Waals surface area contributed by atoms with E-state index in [-0.39, 0.29) is 11.5 Å². The minimum Gasteiger partial charge on any atom is -0.380 e. The lowest BCUT2D eigenvalue weighted by molar-refractivity contribution is -0.134. The standard InChI is InChI=1S/C14H28N2O4S/c1-5-11(15)13(19,9(3)17)7-21-8-14(20,10(4)18)12(16)6-2/h11-12,19-20H,5-8,15-16H2,1-4H3. The molecular weight excluding hydrogens is 292 g/mol. The number of Topliss-reactive ketones (excluding diaryl/α,β-unsaturated/α-hetero) is 2. The number of rotatable bonds is 10. The summed E-state index contributed by atoms with van der Waals surface area (Å²) < 4.78 is 0. The van der Waals surface area contributed by atoms with E-state index in [1.807, 2.05) is 0 Å². The van der Waals surface area contributed by atoms with Gasteiger partial charge in [0.25, 0.3) is 0 Å². The van der Waals surface area contributed by atoms with Gasteiger partial charge in [-0.2, -0.15) is 11.8 Å². The Morgan fingerprint density at radius 2 is 1.24 bits per heavy atom. The Labute approximate surface area is 130 Å². The Kier molecular flexibility index (Phi) is 8.05. The quantitative estimate of drug-likeness (QED) is 0.440. The van der Waals surface area contributed by atoms with Gasteiger partial charge in [0.05, 0.1) is 0 Å². The van der Waals surface area contributed by atoms with Crippen molar-refractivity contribution in [3.05, 3.63) is 0 Å². The van der Waals surface area contributed by atoms with Gasteiger partial charge in [0.2, 0.25) is 0 Å². The van der Waals surface area contributed by atoms with Gasteiger partial charge in [-0.05, 0) is 26.7 Å². The van der Waals surface area contributed by atoms with Crippen molar-refractivity contribution in [3.63, 3.8) is 0 Å². The van der Waals surface area contributed by atoms with Crippen molar-refractivity contribution >= 4 is 23.3 Å². The van der Waals surface area contributed by atoms with Gasteiger partial charge in [0.15, 0.2) is 11.6 Å². The SMILES string of the molecule is CCC(N)C(O)(CSCC(O)(C(C)=O)C(N)CC)C(C)=O. The maximum absolute atomic E-state index is 11.6. The molecule has 0 bridgehead atoms. The summed E-state index contributed by atoms with van der Waals surface area (Å²) in [4.78, 5) is 23.3. The molecule has 0 aromatic heterocycles. The zero-order valence-corrected chi connectivity index (χ0v) is 14.1. The fourth-order valence-corrected chi connectivity index (χ4v) is 3.54. The minimum atomic E-state index is -1.66. The molecule has 0 fully saturated rings. The molecule has 0 amide bonds. The molecule has 0 saturated heterocycles. The molecule has 0 aliphatic carbocycles. The van der Waals surface area contributed by atoms with Crippen LogP contribution >= 0.6 is 11.8 Å².